The minimum Gasteiger partial charge on any atom is -0.302 e. The van der Waals surface area contributed by atoms with Gasteiger partial charge in [0.15, 0.2) is 5.13 Å². The Morgan fingerprint density at radius 1 is 1.32 bits per heavy atom. The summed E-state index contributed by atoms with van der Waals surface area (Å²) in [4.78, 5) is 16.0. The number of amides is 1. The third-order valence-electron chi connectivity index (χ3n) is 3.03. The van der Waals surface area contributed by atoms with Crippen molar-refractivity contribution in [2.75, 3.05) is 5.32 Å². The maximum Gasteiger partial charge on any atom is 0.226 e. The van der Waals surface area contributed by atoms with Crippen LogP contribution in [0.1, 0.15) is 30.9 Å². The molecule has 0 unspecified atom stereocenters. The van der Waals surface area contributed by atoms with E-state index in [0.29, 0.717) is 11.6 Å². The second-order valence-electron chi connectivity index (χ2n) is 4.64. The van der Waals surface area contributed by atoms with Gasteiger partial charge in [0.05, 0.1) is 5.69 Å². The Labute approximate surface area is 117 Å². The molecule has 1 heterocycles. The average molecular weight is 274 g/mol. The first-order chi connectivity index (χ1) is 9.10. The number of rotatable bonds is 4. The molecule has 0 aliphatic heterocycles. The van der Waals surface area contributed by atoms with E-state index in [1.165, 1.54) is 22.5 Å². The van der Waals surface area contributed by atoms with Crippen molar-refractivity contribution >= 4 is 22.4 Å². The summed E-state index contributed by atoms with van der Waals surface area (Å²) in [5.41, 5.74) is 4.53. The molecule has 3 nitrogen and oxygen atoms in total. The van der Waals surface area contributed by atoms with Crippen LogP contribution in [0.5, 0.6) is 0 Å². The second kappa shape index (κ2) is 5.97. The molecule has 0 saturated carbocycles. The monoisotopic (exact) mass is 274 g/mol. The van der Waals surface area contributed by atoms with E-state index in [4.69, 9.17) is 0 Å². The van der Waals surface area contributed by atoms with E-state index in [1.54, 1.807) is 0 Å². The van der Waals surface area contributed by atoms with Gasteiger partial charge in [-0.2, -0.15) is 0 Å². The number of carbonyl (C=O) groups is 1. The summed E-state index contributed by atoms with van der Waals surface area (Å²) >= 11 is 1.47. The van der Waals surface area contributed by atoms with Crippen molar-refractivity contribution in [3.8, 4) is 11.3 Å². The van der Waals surface area contributed by atoms with Crippen molar-refractivity contribution in [1.82, 2.24) is 4.98 Å². The first kappa shape index (κ1) is 13.7. The quantitative estimate of drug-likeness (QED) is 0.909. The first-order valence-corrected chi connectivity index (χ1v) is 7.31. The van der Waals surface area contributed by atoms with Gasteiger partial charge >= 0.3 is 0 Å². The van der Waals surface area contributed by atoms with Crippen molar-refractivity contribution in [3.63, 3.8) is 0 Å². The van der Waals surface area contributed by atoms with Crippen LogP contribution in [-0.4, -0.2) is 10.9 Å². The van der Waals surface area contributed by atoms with Crippen LogP contribution in [0.15, 0.2) is 23.6 Å². The summed E-state index contributed by atoms with van der Waals surface area (Å²) in [6.07, 6.45) is 1.39. The fourth-order valence-corrected chi connectivity index (χ4v) is 2.51. The largest absolute Gasteiger partial charge is 0.302 e. The van der Waals surface area contributed by atoms with Crippen LogP contribution in [0.2, 0.25) is 0 Å². The molecule has 1 aromatic heterocycles. The van der Waals surface area contributed by atoms with Gasteiger partial charge in [-0.15, -0.1) is 11.3 Å². The van der Waals surface area contributed by atoms with E-state index >= 15 is 0 Å². The van der Waals surface area contributed by atoms with Gasteiger partial charge in [0.25, 0.3) is 0 Å². The highest BCUT2D eigenvalue weighted by Crippen LogP contribution is 2.26. The van der Waals surface area contributed by atoms with Gasteiger partial charge in [-0.1, -0.05) is 19.1 Å². The van der Waals surface area contributed by atoms with Gasteiger partial charge in [-0.3, -0.25) is 4.79 Å². The zero-order valence-electron chi connectivity index (χ0n) is 11.5. The van der Waals surface area contributed by atoms with Crippen LogP contribution >= 0.6 is 11.3 Å². The minimum atomic E-state index is 0.0310. The lowest BCUT2D eigenvalue weighted by atomic mass is 10.1. The normalized spacial score (nSPS) is 10.5. The van der Waals surface area contributed by atoms with E-state index in [1.807, 2.05) is 12.3 Å². The van der Waals surface area contributed by atoms with Crippen LogP contribution in [-0.2, 0) is 4.79 Å². The van der Waals surface area contributed by atoms with Crippen LogP contribution in [0.25, 0.3) is 11.3 Å². The smallest absolute Gasteiger partial charge is 0.226 e. The van der Waals surface area contributed by atoms with E-state index in [-0.39, 0.29) is 5.91 Å². The van der Waals surface area contributed by atoms with Gasteiger partial charge in [0.2, 0.25) is 5.91 Å². The zero-order valence-corrected chi connectivity index (χ0v) is 12.3. The predicted octanol–water partition coefficient (Wildman–Crippen LogP) is 4.17. The van der Waals surface area contributed by atoms with Gasteiger partial charge in [-0.25, -0.2) is 4.98 Å². The Morgan fingerprint density at radius 3 is 2.79 bits per heavy atom. The summed E-state index contributed by atoms with van der Waals surface area (Å²) in [6, 6.07) is 6.29. The minimum absolute atomic E-state index is 0.0310. The molecule has 0 aliphatic rings. The molecule has 2 aromatic rings. The van der Waals surface area contributed by atoms with Crippen molar-refractivity contribution in [1.29, 1.82) is 0 Å². The highest BCUT2D eigenvalue weighted by molar-refractivity contribution is 7.14. The van der Waals surface area contributed by atoms with E-state index in [2.05, 4.69) is 42.3 Å². The van der Waals surface area contributed by atoms with Crippen LogP contribution in [0.3, 0.4) is 0 Å². The van der Waals surface area contributed by atoms with E-state index in [0.717, 1.165) is 17.7 Å². The molecule has 100 valence electrons. The lowest BCUT2D eigenvalue weighted by Crippen LogP contribution is -2.10. The second-order valence-corrected chi connectivity index (χ2v) is 5.49. The molecule has 0 aliphatic carbocycles. The average Bonchev–Trinajstić information content (AvgIpc) is 2.81. The van der Waals surface area contributed by atoms with Gasteiger partial charge in [0.1, 0.15) is 0 Å². The summed E-state index contributed by atoms with van der Waals surface area (Å²) in [6.45, 7) is 6.17. The fraction of sp³-hybridized carbons (Fsp3) is 0.333. The molecular weight excluding hydrogens is 256 g/mol. The molecule has 1 aromatic carbocycles. The molecule has 1 amide bonds. The number of thiazole rings is 1. The van der Waals surface area contributed by atoms with E-state index in [9.17, 15) is 4.79 Å². The summed E-state index contributed by atoms with van der Waals surface area (Å²) in [5, 5.41) is 5.48. The highest BCUT2D eigenvalue weighted by Gasteiger charge is 2.08. The Bertz CT molecular complexity index is 590. The van der Waals surface area contributed by atoms with Crippen molar-refractivity contribution in [2.45, 2.75) is 33.6 Å². The Balaban J connectivity index is 2.16. The molecule has 4 heteroatoms. The van der Waals surface area contributed by atoms with E-state index < -0.39 is 0 Å². The molecule has 1 N–H and O–H groups in total. The standard InChI is InChI=1S/C15H18N2OS/c1-4-5-14(18)17-15-16-13(9-19-15)12-7-6-10(2)11(3)8-12/h6-9H,4-5H2,1-3H3,(H,16,17,18). The molecule has 0 radical (unpaired) electrons. The van der Waals surface area contributed by atoms with Crippen LogP contribution < -0.4 is 5.32 Å². The third kappa shape index (κ3) is 3.41. The molecule has 0 atom stereocenters. The number of aryl methyl sites for hydroxylation is 2. The SMILES string of the molecule is CCCC(=O)Nc1nc(-c2ccc(C)c(C)c2)cs1. The number of nitrogens with zero attached hydrogens (tertiary/aromatic N) is 1. The summed E-state index contributed by atoms with van der Waals surface area (Å²) in [7, 11) is 0. The van der Waals surface area contributed by atoms with Gasteiger partial charge in [-0.05, 0) is 37.5 Å². The topological polar surface area (TPSA) is 42.0 Å². The number of nitrogens with one attached hydrogen (secondary N) is 1. The molecule has 0 fully saturated rings. The number of aromatic nitrogens is 1. The highest BCUT2D eigenvalue weighted by atomic mass is 32.1. The molecular formula is C15H18N2OS. The predicted molar refractivity (Wildman–Crippen MR) is 80.6 cm³/mol. The number of hydrogen-bond donors (Lipinski definition) is 1. The van der Waals surface area contributed by atoms with Gasteiger partial charge < -0.3 is 5.32 Å². The fourth-order valence-electron chi connectivity index (χ4n) is 1.77. The molecule has 0 bridgehead atoms. The first-order valence-electron chi connectivity index (χ1n) is 6.43. The Morgan fingerprint density at radius 2 is 2.11 bits per heavy atom. The molecule has 2 rings (SSSR count). The molecule has 0 spiro atoms. The summed E-state index contributed by atoms with van der Waals surface area (Å²) < 4.78 is 0. The van der Waals surface area contributed by atoms with Gasteiger partial charge in [0, 0.05) is 17.4 Å². The molecule has 19 heavy (non-hydrogen) atoms. The summed E-state index contributed by atoms with van der Waals surface area (Å²) in [5.74, 6) is 0.0310. The molecule has 0 saturated heterocycles. The number of hydrogen-bond acceptors (Lipinski definition) is 3. The van der Waals surface area contributed by atoms with Crippen LogP contribution in [0, 0.1) is 13.8 Å². The lowest BCUT2D eigenvalue weighted by molar-refractivity contribution is -0.116. The Kier molecular flexibility index (Phi) is 4.32. The van der Waals surface area contributed by atoms with Crippen molar-refractivity contribution in [2.24, 2.45) is 0 Å². The Hall–Kier alpha value is -1.68. The maximum absolute atomic E-state index is 11.5. The van der Waals surface area contributed by atoms with Crippen LogP contribution in [0.4, 0.5) is 5.13 Å². The number of carbonyl (C=O) groups excluding carboxylic acids is 1. The lowest BCUT2D eigenvalue weighted by Gasteiger charge is -2.02. The zero-order chi connectivity index (χ0) is 13.8. The number of anilines is 1. The maximum atomic E-state index is 11.5. The number of benzene rings is 1. The van der Waals surface area contributed by atoms with Crippen molar-refractivity contribution < 1.29 is 4.79 Å². The third-order valence-corrected chi connectivity index (χ3v) is 3.79. The van der Waals surface area contributed by atoms with Crippen molar-refractivity contribution in [3.05, 3.63) is 34.7 Å².